The molecule has 0 aliphatic carbocycles. The third-order valence-corrected chi connectivity index (χ3v) is 4.00. The number of rotatable bonds is 6. The standard InChI is InChI=1S/C17H25NO2/c1-14(17(19)16-6-4-3-5-7-16)12-18(2)13-15-8-10-20-11-9-15/h3-7,14-15H,8-13H2,1-2H3. The van der Waals surface area contributed by atoms with Gasteiger partial charge in [-0.05, 0) is 25.8 Å². The Kier molecular flexibility index (Phi) is 5.74. The molecule has 0 N–H and O–H groups in total. The maximum atomic E-state index is 12.3. The van der Waals surface area contributed by atoms with Gasteiger partial charge in [-0.3, -0.25) is 4.79 Å². The van der Waals surface area contributed by atoms with Crippen LogP contribution >= 0.6 is 0 Å². The summed E-state index contributed by atoms with van der Waals surface area (Å²) in [6.07, 6.45) is 2.29. The summed E-state index contributed by atoms with van der Waals surface area (Å²) in [5.74, 6) is 0.999. The predicted octanol–water partition coefficient (Wildman–Crippen LogP) is 2.86. The van der Waals surface area contributed by atoms with E-state index in [1.165, 1.54) is 0 Å². The van der Waals surface area contributed by atoms with E-state index in [0.29, 0.717) is 5.92 Å². The summed E-state index contributed by atoms with van der Waals surface area (Å²) in [5.41, 5.74) is 0.819. The quantitative estimate of drug-likeness (QED) is 0.748. The topological polar surface area (TPSA) is 29.5 Å². The molecule has 1 saturated heterocycles. The number of nitrogens with zero attached hydrogens (tertiary/aromatic N) is 1. The Labute approximate surface area is 121 Å². The van der Waals surface area contributed by atoms with Crippen LogP contribution in [0.4, 0.5) is 0 Å². The fourth-order valence-electron chi connectivity index (χ4n) is 2.88. The van der Waals surface area contributed by atoms with Crippen molar-refractivity contribution in [2.75, 3.05) is 33.4 Å². The van der Waals surface area contributed by atoms with Gasteiger partial charge in [-0.1, -0.05) is 37.3 Å². The maximum absolute atomic E-state index is 12.3. The second-order valence-electron chi connectivity index (χ2n) is 5.91. The van der Waals surface area contributed by atoms with E-state index in [-0.39, 0.29) is 11.7 Å². The van der Waals surface area contributed by atoms with Gasteiger partial charge in [0.1, 0.15) is 0 Å². The minimum absolute atomic E-state index is 0.0437. The van der Waals surface area contributed by atoms with E-state index >= 15 is 0 Å². The van der Waals surface area contributed by atoms with Gasteiger partial charge in [0.25, 0.3) is 0 Å². The highest BCUT2D eigenvalue weighted by Crippen LogP contribution is 2.17. The van der Waals surface area contributed by atoms with Gasteiger partial charge >= 0.3 is 0 Å². The minimum atomic E-state index is 0.0437. The summed E-state index contributed by atoms with van der Waals surface area (Å²) < 4.78 is 5.39. The SMILES string of the molecule is CC(CN(C)CC1CCOCC1)C(=O)c1ccccc1. The molecule has 0 saturated carbocycles. The van der Waals surface area contributed by atoms with Gasteiger partial charge in [-0.25, -0.2) is 0 Å². The van der Waals surface area contributed by atoms with Crippen molar-refractivity contribution in [1.29, 1.82) is 0 Å². The van der Waals surface area contributed by atoms with Crippen LogP contribution in [0.2, 0.25) is 0 Å². The molecular formula is C17H25NO2. The molecule has 0 amide bonds. The van der Waals surface area contributed by atoms with E-state index in [9.17, 15) is 4.79 Å². The summed E-state index contributed by atoms with van der Waals surface area (Å²) in [5, 5.41) is 0. The first kappa shape index (κ1) is 15.2. The molecule has 0 radical (unpaired) electrons. The largest absolute Gasteiger partial charge is 0.381 e. The zero-order valence-corrected chi connectivity index (χ0v) is 12.5. The monoisotopic (exact) mass is 275 g/mol. The van der Waals surface area contributed by atoms with Gasteiger partial charge < -0.3 is 9.64 Å². The Morgan fingerprint density at radius 2 is 1.95 bits per heavy atom. The normalized spacial score (nSPS) is 18.1. The molecule has 1 unspecified atom stereocenters. The van der Waals surface area contributed by atoms with Crippen LogP contribution < -0.4 is 0 Å². The lowest BCUT2D eigenvalue weighted by atomic mass is 9.97. The number of hydrogen-bond acceptors (Lipinski definition) is 3. The first-order valence-corrected chi connectivity index (χ1v) is 7.52. The fraction of sp³-hybridized carbons (Fsp3) is 0.588. The van der Waals surface area contributed by atoms with Crippen molar-refractivity contribution in [3.8, 4) is 0 Å². The predicted molar refractivity (Wildman–Crippen MR) is 81.0 cm³/mol. The zero-order chi connectivity index (χ0) is 14.4. The van der Waals surface area contributed by atoms with Gasteiger partial charge in [0.05, 0.1) is 0 Å². The number of Topliss-reactive ketones (excluding diaryl/α,β-unsaturated/α-hetero) is 1. The van der Waals surface area contributed by atoms with E-state index in [1.807, 2.05) is 37.3 Å². The van der Waals surface area contributed by atoms with E-state index in [4.69, 9.17) is 4.74 Å². The second kappa shape index (κ2) is 7.55. The van der Waals surface area contributed by atoms with Crippen molar-refractivity contribution < 1.29 is 9.53 Å². The smallest absolute Gasteiger partial charge is 0.166 e. The Morgan fingerprint density at radius 3 is 2.60 bits per heavy atom. The summed E-state index contributed by atoms with van der Waals surface area (Å²) in [7, 11) is 2.12. The molecule has 2 rings (SSSR count). The highest BCUT2D eigenvalue weighted by Gasteiger charge is 2.20. The van der Waals surface area contributed by atoms with E-state index in [2.05, 4.69) is 11.9 Å². The highest BCUT2D eigenvalue weighted by molar-refractivity contribution is 5.97. The van der Waals surface area contributed by atoms with Crippen molar-refractivity contribution in [3.63, 3.8) is 0 Å². The molecule has 1 aliphatic heterocycles. The summed E-state index contributed by atoms with van der Waals surface area (Å²) >= 11 is 0. The first-order valence-electron chi connectivity index (χ1n) is 7.52. The minimum Gasteiger partial charge on any atom is -0.381 e. The van der Waals surface area contributed by atoms with Crippen molar-refractivity contribution in [1.82, 2.24) is 4.90 Å². The molecule has 0 aromatic heterocycles. The molecule has 20 heavy (non-hydrogen) atoms. The highest BCUT2D eigenvalue weighted by atomic mass is 16.5. The summed E-state index contributed by atoms with van der Waals surface area (Å²) in [6, 6.07) is 9.59. The second-order valence-corrected chi connectivity index (χ2v) is 5.91. The summed E-state index contributed by atoms with van der Waals surface area (Å²) in [4.78, 5) is 14.6. The van der Waals surface area contributed by atoms with Gasteiger partial charge in [0, 0.05) is 37.8 Å². The first-order chi connectivity index (χ1) is 9.66. The lowest BCUT2D eigenvalue weighted by Gasteiger charge is -2.28. The van der Waals surface area contributed by atoms with Crippen molar-refractivity contribution >= 4 is 5.78 Å². The van der Waals surface area contributed by atoms with E-state index < -0.39 is 0 Å². The summed E-state index contributed by atoms with van der Waals surface area (Å²) in [6.45, 7) is 5.69. The Balaban J connectivity index is 1.81. The van der Waals surface area contributed by atoms with Gasteiger partial charge in [-0.15, -0.1) is 0 Å². The van der Waals surface area contributed by atoms with E-state index in [0.717, 1.165) is 44.7 Å². The van der Waals surface area contributed by atoms with Crippen molar-refractivity contribution in [3.05, 3.63) is 35.9 Å². The fourth-order valence-corrected chi connectivity index (χ4v) is 2.88. The third-order valence-electron chi connectivity index (χ3n) is 4.00. The van der Waals surface area contributed by atoms with Crippen LogP contribution in [0.1, 0.15) is 30.1 Å². The lowest BCUT2D eigenvalue weighted by molar-refractivity contribution is 0.0535. The van der Waals surface area contributed by atoms with Crippen LogP contribution in [-0.2, 0) is 4.74 Å². The molecule has 3 nitrogen and oxygen atoms in total. The van der Waals surface area contributed by atoms with Crippen LogP contribution in [0.15, 0.2) is 30.3 Å². The Morgan fingerprint density at radius 1 is 1.30 bits per heavy atom. The number of ether oxygens (including phenoxy) is 1. The molecule has 3 heteroatoms. The molecule has 1 aliphatic rings. The Hall–Kier alpha value is -1.19. The van der Waals surface area contributed by atoms with Crippen LogP contribution in [0, 0.1) is 11.8 Å². The van der Waals surface area contributed by atoms with Crippen LogP contribution in [0.3, 0.4) is 0 Å². The number of carbonyl (C=O) groups is 1. The van der Waals surface area contributed by atoms with Gasteiger partial charge in [0.15, 0.2) is 5.78 Å². The van der Waals surface area contributed by atoms with Crippen LogP contribution in [-0.4, -0.2) is 44.0 Å². The van der Waals surface area contributed by atoms with Crippen LogP contribution in [0.25, 0.3) is 0 Å². The Bertz CT molecular complexity index is 412. The number of hydrogen-bond donors (Lipinski definition) is 0. The number of benzene rings is 1. The molecule has 0 bridgehead atoms. The lowest BCUT2D eigenvalue weighted by Crippen LogP contribution is -2.34. The maximum Gasteiger partial charge on any atom is 0.166 e. The number of carbonyl (C=O) groups excluding carboxylic acids is 1. The van der Waals surface area contributed by atoms with Crippen molar-refractivity contribution in [2.24, 2.45) is 11.8 Å². The number of ketones is 1. The van der Waals surface area contributed by atoms with Crippen LogP contribution in [0.5, 0.6) is 0 Å². The molecule has 1 aromatic carbocycles. The van der Waals surface area contributed by atoms with Gasteiger partial charge in [-0.2, -0.15) is 0 Å². The average molecular weight is 275 g/mol. The molecule has 110 valence electrons. The van der Waals surface area contributed by atoms with E-state index in [1.54, 1.807) is 0 Å². The molecule has 1 fully saturated rings. The van der Waals surface area contributed by atoms with Gasteiger partial charge in [0.2, 0.25) is 0 Å². The average Bonchev–Trinajstić information content (AvgIpc) is 2.48. The van der Waals surface area contributed by atoms with Crippen molar-refractivity contribution in [2.45, 2.75) is 19.8 Å². The molecule has 1 aromatic rings. The molecule has 1 atom stereocenters. The molecule has 0 spiro atoms. The molecular weight excluding hydrogens is 250 g/mol. The third kappa shape index (κ3) is 4.43. The molecule has 1 heterocycles. The zero-order valence-electron chi connectivity index (χ0n) is 12.5.